The van der Waals surface area contributed by atoms with E-state index in [9.17, 15) is 4.79 Å². The Bertz CT molecular complexity index is 935. The molecule has 4 nitrogen and oxygen atoms in total. The standard InChI is InChI=1S/C27H32N2O2.2C2H6/c1-2-31-27(30)21-11-6-12-23(14-13-21)29-17-24-25(18-29)26(24)28-16-19-7-5-10-20-8-3-4-9-22(20)15-19;2*1-2/h3-4,6-9,12-15,20,24-26,28H,2,5,10-11,16-18H2,1H3;2*1-2H3. The number of hydrogen-bond acceptors (Lipinski definition) is 4. The van der Waals surface area contributed by atoms with Crippen molar-refractivity contribution in [1.82, 2.24) is 10.2 Å². The van der Waals surface area contributed by atoms with Gasteiger partial charge < -0.3 is 15.0 Å². The van der Waals surface area contributed by atoms with E-state index >= 15 is 0 Å². The molecule has 0 radical (unpaired) electrons. The summed E-state index contributed by atoms with van der Waals surface area (Å²) in [7, 11) is 0. The van der Waals surface area contributed by atoms with Crippen LogP contribution in [0.25, 0.3) is 0 Å². The molecule has 1 aliphatic heterocycles. The number of carbonyl (C=O) groups is 1. The lowest BCUT2D eigenvalue weighted by Crippen LogP contribution is -2.31. The van der Waals surface area contributed by atoms with Crippen molar-refractivity contribution in [2.24, 2.45) is 17.8 Å². The molecule has 1 heterocycles. The van der Waals surface area contributed by atoms with E-state index in [-0.39, 0.29) is 5.97 Å². The molecule has 2 fully saturated rings. The predicted molar refractivity (Wildman–Crippen MR) is 147 cm³/mol. The van der Waals surface area contributed by atoms with Crippen LogP contribution in [0.15, 0.2) is 83.2 Å². The highest BCUT2D eigenvalue weighted by Gasteiger charge is 2.55. The van der Waals surface area contributed by atoms with Gasteiger partial charge in [0.2, 0.25) is 0 Å². The van der Waals surface area contributed by atoms with Gasteiger partial charge in [0.15, 0.2) is 0 Å². The highest BCUT2D eigenvalue weighted by molar-refractivity contribution is 5.89. The van der Waals surface area contributed by atoms with Crippen molar-refractivity contribution in [2.75, 3.05) is 26.2 Å². The van der Waals surface area contributed by atoms with E-state index in [2.05, 4.69) is 64.9 Å². The minimum absolute atomic E-state index is 0.202. The SMILES string of the molecule is CC.CC.CCOC(=O)C1=CC=C(N2CC3C(C2)C3NCC2=CCCC3C=CC=CC3=C2)C=CC1. The lowest BCUT2D eigenvalue weighted by Gasteiger charge is -2.23. The highest BCUT2D eigenvalue weighted by atomic mass is 16.5. The molecule has 0 aromatic carbocycles. The lowest BCUT2D eigenvalue weighted by atomic mass is 9.91. The van der Waals surface area contributed by atoms with Gasteiger partial charge in [-0.3, -0.25) is 0 Å². The summed E-state index contributed by atoms with van der Waals surface area (Å²) in [5.41, 5.74) is 4.83. The second kappa shape index (κ2) is 13.5. The topological polar surface area (TPSA) is 41.6 Å². The Morgan fingerprint density at radius 3 is 2.60 bits per heavy atom. The number of nitrogens with one attached hydrogen (secondary N) is 1. The second-order valence-electron chi connectivity index (χ2n) is 9.10. The fraction of sp³-hybridized carbons (Fsp3) is 0.516. The van der Waals surface area contributed by atoms with Gasteiger partial charge in [0.1, 0.15) is 0 Å². The molecule has 1 saturated heterocycles. The predicted octanol–water partition coefficient (Wildman–Crippen LogP) is 6.28. The summed E-state index contributed by atoms with van der Waals surface area (Å²) in [6.07, 6.45) is 25.0. The van der Waals surface area contributed by atoms with Crippen molar-refractivity contribution in [3.8, 4) is 0 Å². The molecule has 1 saturated carbocycles. The zero-order chi connectivity index (χ0) is 25.2. The van der Waals surface area contributed by atoms with Crippen LogP contribution in [0.2, 0.25) is 0 Å². The third kappa shape index (κ3) is 6.76. The fourth-order valence-corrected chi connectivity index (χ4v) is 5.34. The normalized spacial score (nSPS) is 27.7. The first kappa shape index (κ1) is 27.0. The molecular weight excluding hydrogens is 432 g/mol. The number of likely N-dealkylation sites (tertiary alicyclic amines) is 1. The Morgan fingerprint density at radius 1 is 1.09 bits per heavy atom. The summed E-state index contributed by atoms with van der Waals surface area (Å²) in [6, 6.07) is 0.636. The summed E-state index contributed by atoms with van der Waals surface area (Å²) in [5, 5.41) is 3.83. The van der Waals surface area contributed by atoms with E-state index in [0.717, 1.165) is 43.5 Å². The number of hydrogen-bond donors (Lipinski definition) is 1. The van der Waals surface area contributed by atoms with Crippen molar-refractivity contribution in [3.05, 3.63) is 83.2 Å². The molecule has 3 atom stereocenters. The zero-order valence-electron chi connectivity index (χ0n) is 22.3. The van der Waals surface area contributed by atoms with Gasteiger partial charge in [-0.2, -0.15) is 0 Å². The molecule has 35 heavy (non-hydrogen) atoms. The van der Waals surface area contributed by atoms with E-state index in [1.807, 2.05) is 40.7 Å². The summed E-state index contributed by atoms with van der Waals surface area (Å²) in [4.78, 5) is 14.5. The van der Waals surface area contributed by atoms with Gasteiger partial charge in [-0.15, -0.1) is 0 Å². The molecule has 4 heteroatoms. The molecule has 0 bridgehead atoms. The van der Waals surface area contributed by atoms with Crippen molar-refractivity contribution < 1.29 is 9.53 Å². The van der Waals surface area contributed by atoms with Crippen molar-refractivity contribution in [1.29, 1.82) is 0 Å². The minimum Gasteiger partial charge on any atom is -0.463 e. The number of allylic oxidation sites excluding steroid dienone is 10. The van der Waals surface area contributed by atoms with Gasteiger partial charge in [0.25, 0.3) is 0 Å². The molecule has 0 spiro atoms. The molecule has 4 aliphatic carbocycles. The Labute approximate surface area is 212 Å². The zero-order valence-corrected chi connectivity index (χ0v) is 22.3. The molecule has 0 aromatic rings. The first-order valence-electron chi connectivity index (χ1n) is 13.7. The number of piperidine rings is 1. The Kier molecular flexibility index (Phi) is 10.4. The largest absolute Gasteiger partial charge is 0.463 e. The molecular formula is C31H44N2O2. The van der Waals surface area contributed by atoms with Crippen LogP contribution in [-0.2, 0) is 9.53 Å². The van der Waals surface area contributed by atoms with Crippen molar-refractivity contribution >= 4 is 5.97 Å². The van der Waals surface area contributed by atoms with Crippen LogP contribution in [0.1, 0.15) is 53.9 Å². The van der Waals surface area contributed by atoms with Crippen LogP contribution >= 0.6 is 0 Å². The molecule has 3 unspecified atom stereocenters. The van der Waals surface area contributed by atoms with E-state index in [4.69, 9.17) is 4.74 Å². The van der Waals surface area contributed by atoms with Gasteiger partial charge in [-0.05, 0) is 67.4 Å². The number of rotatable bonds is 6. The molecule has 0 aromatic heterocycles. The Morgan fingerprint density at radius 2 is 1.86 bits per heavy atom. The van der Waals surface area contributed by atoms with Crippen molar-refractivity contribution in [3.63, 3.8) is 0 Å². The monoisotopic (exact) mass is 476 g/mol. The Hall–Kier alpha value is -2.59. The number of fused-ring (bicyclic) bond motifs is 2. The quantitative estimate of drug-likeness (QED) is 0.458. The number of nitrogens with zero attached hydrogens (tertiary/aromatic N) is 1. The third-order valence-corrected chi connectivity index (χ3v) is 7.13. The molecule has 0 amide bonds. The van der Waals surface area contributed by atoms with Crippen LogP contribution in [0.3, 0.4) is 0 Å². The van der Waals surface area contributed by atoms with Crippen LogP contribution in [0.5, 0.6) is 0 Å². The summed E-state index contributed by atoms with van der Waals surface area (Å²) >= 11 is 0. The van der Waals surface area contributed by atoms with Gasteiger partial charge >= 0.3 is 5.97 Å². The van der Waals surface area contributed by atoms with Gasteiger partial charge in [-0.25, -0.2) is 4.79 Å². The molecule has 190 valence electrons. The number of ether oxygens (including phenoxy) is 1. The number of carbonyl (C=O) groups excluding carboxylic acids is 1. The van der Waals surface area contributed by atoms with E-state index in [1.54, 1.807) is 0 Å². The van der Waals surface area contributed by atoms with Crippen LogP contribution in [0, 0.1) is 17.8 Å². The van der Waals surface area contributed by atoms with Gasteiger partial charge in [0, 0.05) is 42.9 Å². The average molecular weight is 477 g/mol. The minimum atomic E-state index is -0.202. The van der Waals surface area contributed by atoms with E-state index < -0.39 is 0 Å². The maximum atomic E-state index is 12.0. The summed E-state index contributed by atoms with van der Waals surface area (Å²) < 4.78 is 5.14. The average Bonchev–Trinajstić information content (AvgIpc) is 3.53. The lowest BCUT2D eigenvalue weighted by molar-refractivity contribution is -0.138. The maximum Gasteiger partial charge on any atom is 0.334 e. The first-order valence-corrected chi connectivity index (χ1v) is 13.7. The highest BCUT2D eigenvalue weighted by Crippen LogP contribution is 2.47. The smallest absolute Gasteiger partial charge is 0.334 e. The fourth-order valence-electron chi connectivity index (χ4n) is 5.34. The maximum absolute atomic E-state index is 12.0. The van der Waals surface area contributed by atoms with Crippen LogP contribution in [-0.4, -0.2) is 43.2 Å². The van der Waals surface area contributed by atoms with Crippen molar-refractivity contribution in [2.45, 2.75) is 59.9 Å². The van der Waals surface area contributed by atoms with Crippen LogP contribution in [0.4, 0.5) is 0 Å². The van der Waals surface area contributed by atoms with E-state index in [1.165, 1.54) is 23.3 Å². The third-order valence-electron chi connectivity index (χ3n) is 7.13. The first-order chi connectivity index (χ1) is 17.2. The van der Waals surface area contributed by atoms with Gasteiger partial charge in [0.05, 0.1) is 6.61 Å². The van der Waals surface area contributed by atoms with E-state index in [0.29, 0.717) is 25.0 Å². The van der Waals surface area contributed by atoms with Crippen LogP contribution < -0.4 is 5.32 Å². The molecule has 5 rings (SSSR count). The summed E-state index contributed by atoms with van der Waals surface area (Å²) in [6.45, 7) is 13.4. The molecule has 1 N–H and O–H groups in total. The van der Waals surface area contributed by atoms with Gasteiger partial charge in [-0.1, -0.05) is 70.2 Å². The summed E-state index contributed by atoms with van der Waals surface area (Å²) in [5.74, 6) is 1.85. The molecule has 5 aliphatic rings. The number of esters is 1. The Balaban J connectivity index is 0.000000815. The second-order valence-corrected chi connectivity index (χ2v) is 9.10.